The molecule has 0 heterocycles. The molecule has 1 aromatic rings. The molecule has 1 aromatic carbocycles. The third-order valence-electron chi connectivity index (χ3n) is 3.01. The van der Waals surface area contributed by atoms with Crippen LogP contribution in [-0.2, 0) is 9.53 Å². The standard InChI is InChI=1S/C14H19NO2/c1-2-3-13(14(16)17-12-8-9-12)10-4-6-11(15)7-5-10/h4-7,12-13H,2-3,8-9,15H2,1H3. The molecule has 1 unspecified atom stereocenters. The van der Waals surface area contributed by atoms with E-state index in [9.17, 15) is 4.79 Å². The minimum Gasteiger partial charge on any atom is -0.462 e. The molecule has 1 fully saturated rings. The average Bonchev–Trinajstić information content (AvgIpc) is 3.11. The number of hydrogen-bond acceptors (Lipinski definition) is 3. The summed E-state index contributed by atoms with van der Waals surface area (Å²) in [5, 5.41) is 0. The van der Waals surface area contributed by atoms with E-state index in [0.29, 0.717) is 0 Å². The number of carbonyl (C=O) groups excluding carboxylic acids is 1. The van der Waals surface area contributed by atoms with Crippen molar-refractivity contribution in [2.75, 3.05) is 5.73 Å². The molecule has 0 saturated heterocycles. The molecule has 0 aromatic heterocycles. The molecule has 1 atom stereocenters. The number of hydrogen-bond donors (Lipinski definition) is 1. The fourth-order valence-electron chi connectivity index (χ4n) is 1.87. The van der Waals surface area contributed by atoms with E-state index in [4.69, 9.17) is 10.5 Å². The van der Waals surface area contributed by atoms with Gasteiger partial charge in [0.15, 0.2) is 0 Å². The summed E-state index contributed by atoms with van der Waals surface area (Å²) in [7, 11) is 0. The van der Waals surface area contributed by atoms with E-state index in [1.807, 2.05) is 24.3 Å². The molecule has 1 aliphatic rings. The van der Waals surface area contributed by atoms with Gasteiger partial charge in [0.05, 0.1) is 5.92 Å². The molecular formula is C14H19NO2. The van der Waals surface area contributed by atoms with Gasteiger partial charge in [-0.3, -0.25) is 4.79 Å². The van der Waals surface area contributed by atoms with Crippen LogP contribution in [0.1, 0.15) is 44.1 Å². The summed E-state index contributed by atoms with van der Waals surface area (Å²) in [5.41, 5.74) is 7.38. The molecule has 0 aliphatic heterocycles. The number of benzene rings is 1. The number of rotatable bonds is 5. The van der Waals surface area contributed by atoms with Gasteiger partial charge in [0.1, 0.15) is 6.10 Å². The van der Waals surface area contributed by atoms with Crippen molar-refractivity contribution in [2.45, 2.75) is 44.6 Å². The lowest BCUT2D eigenvalue weighted by molar-refractivity contribution is -0.146. The molecule has 92 valence electrons. The predicted molar refractivity (Wildman–Crippen MR) is 67.6 cm³/mol. The van der Waals surface area contributed by atoms with Gasteiger partial charge < -0.3 is 10.5 Å². The Kier molecular flexibility index (Phi) is 3.67. The van der Waals surface area contributed by atoms with Crippen LogP contribution >= 0.6 is 0 Å². The molecule has 3 heteroatoms. The molecule has 1 saturated carbocycles. The van der Waals surface area contributed by atoms with Gasteiger partial charge in [0.2, 0.25) is 0 Å². The predicted octanol–water partition coefficient (Wildman–Crippen LogP) is 2.86. The minimum atomic E-state index is -0.138. The molecule has 0 amide bonds. The number of anilines is 1. The Labute approximate surface area is 102 Å². The first-order valence-electron chi connectivity index (χ1n) is 6.26. The Morgan fingerprint density at radius 2 is 2.06 bits per heavy atom. The van der Waals surface area contributed by atoms with Gasteiger partial charge in [-0.15, -0.1) is 0 Å². The monoisotopic (exact) mass is 233 g/mol. The van der Waals surface area contributed by atoms with Crippen LogP contribution in [0.4, 0.5) is 5.69 Å². The molecule has 0 bridgehead atoms. The number of nitrogen functional groups attached to an aromatic ring is 1. The lowest BCUT2D eigenvalue weighted by Crippen LogP contribution is -2.17. The second-order valence-corrected chi connectivity index (χ2v) is 4.64. The second kappa shape index (κ2) is 5.21. The number of carbonyl (C=O) groups is 1. The first kappa shape index (κ1) is 12.0. The van der Waals surface area contributed by atoms with Crippen LogP contribution in [0.25, 0.3) is 0 Å². The van der Waals surface area contributed by atoms with Crippen molar-refractivity contribution in [3.63, 3.8) is 0 Å². The smallest absolute Gasteiger partial charge is 0.313 e. The zero-order valence-corrected chi connectivity index (χ0v) is 10.2. The summed E-state index contributed by atoms with van der Waals surface area (Å²) in [6.45, 7) is 2.08. The van der Waals surface area contributed by atoms with E-state index < -0.39 is 0 Å². The van der Waals surface area contributed by atoms with Crippen LogP contribution in [0.3, 0.4) is 0 Å². The number of nitrogens with two attached hydrogens (primary N) is 1. The number of esters is 1. The molecule has 17 heavy (non-hydrogen) atoms. The first-order valence-corrected chi connectivity index (χ1v) is 6.26. The zero-order chi connectivity index (χ0) is 12.3. The van der Waals surface area contributed by atoms with E-state index in [-0.39, 0.29) is 18.0 Å². The zero-order valence-electron chi connectivity index (χ0n) is 10.2. The maximum absolute atomic E-state index is 12.0. The largest absolute Gasteiger partial charge is 0.462 e. The highest BCUT2D eigenvalue weighted by molar-refractivity contribution is 5.78. The van der Waals surface area contributed by atoms with Crippen LogP contribution in [0.2, 0.25) is 0 Å². The fraction of sp³-hybridized carbons (Fsp3) is 0.500. The number of ether oxygens (including phenoxy) is 1. The van der Waals surface area contributed by atoms with E-state index in [1.54, 1.807) is 0 Å². The van der Waals surface area contributed by atoms with E-state index in [1.165, 1.54) is 0 Å². The lowest BCUT2D eigenvalue weighted by atomic mass is 9.94. The maximum atomic E-state index is 12.0. The van der Waals surface area contributed by atoms with Crippen molar-refractivity contribution >= 4 is 11.7 Å². The average molecular weight is 233 g/mol. The summed E-state index contributed by atoms with van der Waals surface area (Å²) in [4.78, 5) is 12.0. The summed E-state index contributed by atoms with van der Waals surface area (Å²) < 4.78 is 5.39. The van der Waals surface area contributed by atoms with Crippen molar-refractivity contribution in [1.82, 2.24) is 0 Å². The second-order valence-electron chi connectivity index (χ2n) is 4.64. The van der Waals surface area contributed by atoms with Gasteiger partial charge in [-0.2, -0.15) is 0 Å². The Balaban J connectivity index is 2.09. The molecule has 0 spiro atoms. The highest BCUT2D eigenvalue weighted by Crippen LogP contribution is 2.29. The van der Waals surface area contributed by atoms with Crippen molar-refractivity contribution in [3.8, 4) is 0 Å². The van der Waals surface area contributed by atoms with Crippen molar-refractivity contribution in [2.24, 2.45) is 0 Å². The quantitative estimate of drug-likeness (QED) is 0.628. The van der Waals surface area contributed by atoms with Crippen LogP contribution in [0, 0.1) is 0 Å². The molecule has 3 nitrogen and oxygen atoms in total. The van der Waals surface area contributed by atoms with Crippen molar-refractivity contribution < 1.29 is 9.53 Å². The Hall–Kier alpha value is -1.51. The molecular weight excluding hydrogens is 214 g/mol. The molecule has 2 rings (SSSR count). The topological polar surface area (TPSA) is 52.3 Å². The molecule has 1 aliphatic carbocycles. The van der Waals surface area contributed by atoms with Gasteiger partial charge >= 0.3 is 5.97 Å². The highest BCUT2D eigenvalue weighted by atomic mass is 16.5. The van der Waals surface area contributed by atoms with Gasteiger partial charge in [-0.1, -0.05) is 25.5 Å². The summed E-state index contributed by atoms with van der Waals surface area (Å²) in [6.07, 6.45) is 4.01. The van der Waals surface area contributed by atoms with E-state index in [0.717, 1.165) is 36.9 Å². The third kappa shape index (κ3) is 3.22. The van der Waals surface area contributed by atoms with E-state index >= 15 is 0 Å². The van der Waals surface area contributed by atoms with E-state index in [2.05, 4.69) is 6.92 Å². The van der Waals surface area contributed by atoms with Gasteiger partial charge in [-0.25, -0.2) is 0 Å². The Morgan fingerprint density at radius 3 is 2.59 bits per heavy atom. The van der Waals surface area contributed by atoms with Crippen molar-refractivity contribution in [1.29, 1.82) is 0 Å². The first-order chi connectivity index (χ1) is 8.20. The van der Waals surface area contributed by atoms with Gasteiger partial charge in [-0.05, 0) is 37.0 Å². The molecule has 0 radical (unpaired) electrons. The van der Waals surface area contributed by atoms with Crippen LogP contribution in [0.5, 0.6) is 0 Å². The Morgan fingerprint density at radius 1 is 1.41 bits per heavy atom. The summed E-state index contributed by atoms with van der Waals surface area (Å²) in [6, 6.07) is 7.51. The third-order valence-corrected chi connectivity index (χ3v) is 3.01. The lowest BCUT2D eigenvalue weighted by Gasteiger charge is -2.15. The van der Waals surface area contributed by atoms with Crippen LogP contribution in [0.15, 0.2) is 24.3 Å². The van der Waals surface area contributed by atoms with Gasteiger partial charge in [0, 0.05) is 5.69 Å². The molecule has 2 N–H and O–H groups in total. The SMILES string of the molecule is CCCC(C(=O)OC1CC1)c1ccc(N)cc1. The minimum absolute atomic E-state index is 0.0841. The summed E-state index contributed by atoms with van der Waals surface area (Å²) >= 11 is 0. The van der Waals surface area contributed by atoms with Crippen LogP contribution < -0.4 is 5.73 Å². The Bertz CT molecular complexity index is 382. The maximum Gasteiger partial charge on any atom is 0.313 e. The fourth-order valence-corrected chi connectivity index (χ4v) is 1.87. The highest BCUT2D eigenvalue weighted by Gasteiger charge is 2.30. The normalized spacial score (nSPS) is 16.5. The van der Waals surface area contributed by atoms with Crippen molar-refractivity contribution in [3.05, 3.63) is 29.8 Å². The summed E-state index contributed by atoms with van der Waals surface area (Å²) in [5.74, 6) is -0.222. The van der Waals surface area contributed by atoms with Gasteiger partial charge in [0.25, 0.3) is 0 Å². The van der Waals surface area contributed by atoms with Crippen LogP contribution in [-0.4, -0.2) is 12.1 Å².